The summed E-state index contributed by atoms with van der Waals surface area (Å²) in [6, 6.07) is -1.16. The lowest BCUT2D eigenvalue weighted by Crippen LogP contribution is -2.67. The zero-order valence-electron chi connectivity index (χ0n) is 17.7. The third kappa shape index (κ3) is 7.59. The van der Waals surface area contributed by atoms with Crippen LogP contribution in [-0.4, -0.2) is 80.2 Å². The van der Waals surface area contributed by atoms with Crippen LogP contribution in [0.25, 0.3) is 0 Å². The Balaban J connectivity index is 3.37. The maximum atomic E-state index is 11.9. The third-order valence-electron chi connectivity index (χ3n) is 3.95. The fraction of sp³-hybridized carbons (Fsp3) is 0.722. The van der Waals surface area contributed by atoms with E-state index in [2.05, 4.69) is 10.1 Å². The fourth-order valence-corrected chi connectivity index (χ4v) is 2.84. The molecule has 0 aromatic carbocycles. The lowest BCUT2D eigenvalue weighted by Gasteiger charge is -2.45. The van der Waals surface area contributed by atoms with E-state index in [1.165, 1.54) is 20.8 Å². The molecule has 0 aromatic rings. The Hall–Kier alpha value is -2.73. The molecule has 6 atom stereocenters. The van der Waals surface area contributed by atoms with Crippen molar-refractivity contribution in [3.05, 3.63) is 0 Å². The number of hydrogen-bond donors (Lipinski definition) is 1. The zero-order chi connectivity index (χ0) is 23.0. The first-order valence-corrected chi connectivity index (χ1v) is 9.09. The number of nitrogens with one attached hydrogen (secondary N) is 1. The second kappa shape index (κ2) is 11.5. The molecule has 1 N–H and O–H groups in total. The highest BCUT2D eigenvalue weighted by Crippen LogP contribution is 2.28. The summed E-state index contributed by atoms with van der Waals surface area (Å²) in [6.45, 7) is 5.65. The number of hydrogen-bond acceptors (Lipinski definition) is 11. The Morgan fingerprint density at radius 2 is 1.53 bits per heavy atom. The van der Waals surface area contributed by atoms with E-state index in [0.29, 0.717) is 0 Å². The van der Waals surface area contributed by atoms with Gasteiger partial charge in [-0.3, -0.25) is 19.2 Å². The van der Waals surface area contributed by atoms with Crippen molar-refractivity contribution in [2.24, 2.45) is 0 Å². The number of methoxy groups -OCH3 is 1. The van der Waals surface area contributed by atoms with E-state index in [0.717, 1.165) is 21.0 Å². The van der Waals surface area contributed by atoms with Gasteiger partial charge in [0.1, 0.15) is 24.9 Å². The molecule has 1 aliphatic rings. The average molecular weight is 433 g/mol. The highest BCUT2D eigenvalue weighted by atomic mass is 16.7. The summed E-state index contributed by atoms with van der Waals surface area (Å²) in [7, 11) is 1.16. The lowest BCUT2D eigenvalue weighted by molar-refractivity contribution is -0.278. The molecule has 1 heterocycles. The minimum absolute atomic E-state index is 0.371. The number of carbonyl (C=O) groups excluding carboxylic acids is 5. The minimum atomic E-state index is -1.38. The first-order valence-electron chi connectivity index (χ1n) is 9.09. The molecular formula is C18H27NO11. The van der Waals surface area contributed by atoms with Crippen LogP contribution in [0.2, 0.25) is 0 Å². The van der Waals surface area contributed by atoms with E-state index < -0.39 is 66.5 Å². The molecule has 1 saturated heterocycles. The van der Waals surface area contributed by atoms with Gasteiger partial charge in [-0.2, -0.15) is 0 Å². The molecule has 0 spiro atoms. The molecular weight excluding hydrogens is 406 g/mol. The molecule has 30 heavy (non-hydrogen) atoms. The summed E-state index contributed by atoms with van der Waals surface area (Å²) in [5.41, 5.74) is 0. The normalized spacial score (nSPS) is 26.7. The van der Waals surface area contributed by atoms with Gasteiger partial charge in [0.25, 0.3) is 0 Å². The number of carbonyl (C=O) groups is 5. The summed E-state index contributed by atoms with van der Waals surface area (Å²) in [6.07, 6.45) is -6.08. The molecule has 12 heteroatoms. The van der Waals surface area contributed by atoms with Gasteiger partial charge in [0, 0.05) is 27.7 Å². The highest BCUT2D eigenvalue weighted by Gasteiger charge is 2.51. The van der Waals surface area contributed by atoms with Crippen LogP contribution in [0.15, 0.2) is 0 Å². The quantitative estimate of drug-likeness (QED) is 0.379. The van der Waals surface area contributed by atoms with Gasteiger partial charge < -0.3 is 33.7 Å². The number of ether oxygens (including phenoxy) is 6. The van der Waals surface area contributed by atoms with E-state index in [4.69, 9.17) is 23.7 Å². The van der Waals surface area contributed by atoms with Crippen molar-refractivity contribution in [2.75, 3.05) is 13.7 Å². The van der Waals surface area contributed by atoms with E-state index in [9.17, 15) is 24.0 Å². The van der Waals surface area contributed by atoms with Crippen molar-refractivity contribution in [1.29, 1.82) is 0 Å². The van der Waals surface area contributed by atoms with E-state index in [-0.39, 0.29) is 6.61 Å². The Kier molecular flexibility index (Phi) is 9.66. The summed E-state index contributed by atoms with van der Waals surface area (Å²) >= 11 is 0. The third-order valence-corrected chi connectivity index (χ3v) is 3.95. The van der Waals surface area contributed by atoms with Crippen molar-refractivity contribution < 1.29 is 52.4 Å². The van der Waals surface area contributed by atoms with Gasteiger partial charge in [-0.1, -0.05) is 0 Å². The van der Waals surface area contributed by atoms with Crippen LogP contribution in [0.5, 0.6) is 0 Å². The smallest absolute Gasteiger partial charge is 0.334 e. The van der Waals surface area contributed by atoms with Crippen LogP contribution in [0, 0.1) is 0 Å². The molecule has 0 aromatic heterocycles. The first-order chi connectivity index (χ1) is 14.0. The van der Waals surface area contributed by atoms with Gasteiger partial charge in [0.05, 0.1) is 7.11 Å². The van der Waals surface area contributed by atoms with Gasteiger partial charge in [0.2, 0.25) is 12.2 Å². The zero-order valence-corrected chi connectivity index (χ0v) is 17.7. The second-order valence-electron chi connectivity index (χ2n) is 6.52. The predicted molar refractivity (Wildman–Crippen MR) is 96.6 cm³/mol. The van der Waals surface area contributed by atoms with Crippen LogP contribution >= 0.6 is 0 Å². The van der Waals surface area contributed by atoms with Gasteiger partial charge in [-0.25, -0.2) is 4.79 Å². The minimum Gasteiger partial charge on any atom is -0.467 e. The second-order valence-corrected chi connectivity index (χ2v) is 6.52. The number of esters is 4. The summed E-state index contributed by atoms with van der Waals surface area (Å²) < 4.78 is 31.4. The SMILES string of the molecule is COC(=O)[C@H](C)O[C@@H]1[C@@H](NC(C)=O)[C@H](OC(C)=O)O[C@H](COC(C)=O)[C@H]1OC(C)=O. The van der Waals surface area contributed by atoms with Crippen molar-refractivity contribution in [2.45, 2.75) is 71.4 Å². The Bertz CT molecular complexity index is 665. The number of rotatable bonds is 8. The van der Waals surface area contributed by atoms with E-state index >= 15 is 0 Å². The number of amides is 1. The molecule has 0 aliphatic carbocycles. The van der Waals surface area contributed by atoms with Crippen LogP contribution in [0.4, 0.5) is 0 Å². The van der Waals surface area contributed by atoms with Crippen LogP contribution in [0.3, 0.4) is 0 Å². The van der Waals surface area contributed by atoms with Gasteiger partial charge in [-0.05, 0) is 6.92 Å². The summed E-state index contributed by atoms with van der Waals surface area (Å²) in [4.78, 5) is 58.1. The Morgan fingerprint density at radius 3 is 2.00 bits per heavy atom. The van der Waals surface area contributed by atoms with Crippen molar-refractivity contribution in [1.82, 2.24) is 5.32 Å². The molecule has 0 unspecified atom stereocenters. The Morgan fingerprint density at radius 1 is 0.933 bits per heavy atom. The van der Waals surface area contributed by atoms with Crippen LogP contribution in [0.1, 0.15) is 34.6 Å². The first kappa shape index (κ1) is 25.3. The molecule has 1 amide bonds. The predicted octanol–water partition coefficient (Wildman–Crippen LogP) is -0.779. The summed E-state index contributed by atoms with van der Waals surface area (Å²) in [5.74, 6) is -3.34. The molecule has 12 nitrogen and oxygen atoms in total. The standard InChI is InChI=1S/C18H27NO11/c1-8(17(24)25-6)27-16-14(19-9(2)20)18(29-12(5)23)30-13(7-26-10(3)21)15(16)28-11(4)22/h8,13-16,18H,7H2,1-6H3,(H,19,20)/t8-,13+,14+,15+,16+,18+/m0/s1. The lowest BCUT2D eigenvalue weighted by atomic mass is 9.95. The van der Waals surface area contributed by atoms with E-state index in [1.54, 1.807) is 0 Å². The molecule has 0 saturated carbocycles. The molecule has 1 aliphatic heterocycles. The van der Waals surface area contributed by atoms with Gasteiger partial charge in [-0.15, -0.1) is 0 Å². The van der Waals surface area contributed by atoms with Gasteiger partial charge in [0.15, 0.2) is 12.2 Å². The largest absolute Gasteiger partial charge is 0.467 e. The molecule has 1 fully saturated rings. The maximum Gasteiger partial charge on any atom is 0.334 e. The van der Waals surface area contributed by atoms with Crippen molar-refractivity contribution >= 4 is 29.8 Å². The fourth-order valence-electron chi connectivity index (χ4n) is 2.84. The molecule has 170 valence electrons. The summed E-state index contributed by atoms with van der Waals surface area (Å²) in [5, 5.41) is 2.52. The topological polar surface area (TPSA) is 153 Å². The van der Waals surface area contributed by atoms with Gasteiger partial charge >= 0.3 is 23.9 Å². The average Bonchev–Trinajstić information content (AvgIpc) is 2.62. The van der Waals surface area contributed by atoms with Crippen LogP contribution in [-0.2, 0) is 52.4 Å². The molecule has 1 rings (SSSR count). The highest BCUT2D eigenvalue weighted by molar-refractivity contribution is 5.74. The van der Waals surface area contributed by atoms with Crippen molar-refractivity contribution in [3.8, 4) is 0 Å². The monoisotopic (exact) mass is 433 g/mol. The van der Waals surface area contributed by atoms with E-state index in [1.807, 2.05) is 0 Å². The molecule has 0 bridgehead atoms. The Labute approximate surface area is 173 Å². The molecule has 0 radical (unpaired) electrons. The maximum absolute atomic E-state index is 11.9. The van der Waals surface area contributed by atoms with Crippen LogP contribution < -0.4 is 5.32 Å². The van der Waals surface area contributed by atoms with Crippen molar-refractivity contribution in [3.63, 3.8) is 0 Å².